The molecule has 1 saturated heterocycles. The average Bonchev–Trinajstić information content (AvgIpc) is 2.68. The lowest BCUT2D eigenvalue weighted by Crippen LogP contribution is -2.41. The number of hydrogen-bond acceptors (Lipinski definition) is 7. The van der Waals surface area contributed by atoms with E-state index in [1.165, 1.54) is 23.4 Å². The summed E-state index contributed by atoms with van der Waals surface area (Å²) in [4.78, 5) is 47.7. The van der Waals surface area contributed by atoms with Crippen LogP contribution in [0.25, 0.3) is 11.0 Å². The van der Waals surface area contributed by atoms with E-state index in [9.17, 15) is 14.4 Å². The van der Waals surface area contributed by atoms with Crippen LogP contribution in [0.4, 0.5) is 0 Å². The van der Waals surface area contributed by atoms with Crippen LogP contribution in [0.5, 0.6) is 0 Å². The molecule has 9 nitrogen and oxygen atoms in total. The van der Waals surface area contributed by atoms with Crippen LogP contribution in [-0.4, -0.2) is 62.0 Å². The third-order valence-corrected chi connectivity index (χ3v) is 5.29. The summed E-state index contributed by atoms with van der Waals surface area (Å²) < 4.78 is 7.63. The first-order chi connectivity index (χ1) is 12.4. The van der Waals surface area contributed by atoms with Crippen LogP contribution in [0.15, 0.2) is 14.6 Å². The van der Waals surface area contributed by atoms with Gasteiger partial charge in [0.2, 0.25) is 5.91 Å². The zero-order chi connectivity index (χ0) is 18.8. The highest BCUT2D eigenvalue weighted by Crippen LogP contribution is 2.23. The number of morpholine rings is 1. The molecule has 10 heteroatoms. The lowest BCUT2D eigenvalue weighted by Gasteiger charge is -2.26. The van der Waals surface area contributed by atoms with E-state index in [1.54, 1.807) is 11.9 Å². The van der Waals surface area contributed by atoms with Crippen LogP contribution < -0.4 is 11.2 Å². The minimum absolute atomic E-state index is 0.0234. The fourth-order valence-electron chi connectivity index (χ4n) is 2.77. The molecular formula is C16H21N5O4S. The Bertz CT molecular complexity index is 962. The maximum atomic E-state index is 12.6. The quantitative estimate of drug-likeness (QED) is 0.524. The summed E-state index contributed by atoms with van der Waals surface area (Å²) in [7, 11) is 3.00. The van der Waals surface area contributed by atoms with Crippen molar-refractivity contribution in [3.05, 3.63) is 26.7 Å². The van der Waals surface area contributed by atoms with Crippen LogP contribution in [-0.2, 0) is 30.0 Å². The molecule has 2 aromatic rings. The summed E-state index contributed by atoms with van der Waals surface area (Å²) in [6.45, 7) is 4.11. The van der Waals surface area contributed by atoms with Crippen molar-refractivity contribution in [2.24, 2.45) is 14.1 Å². The predicted molar refractivity (Wildman–Crippen MR) is 97.5 cm³/mol. The van der Waals surface area contributed by atoms with Gasteiger partial charge < -0.3 is 9.64 Å². The maximum Gasteiger partial charge on any atom is 0.332 e. The smallest absolute Gasteiger partial charge is 0.332 e. The Balaban J connectivity index is 2.00. The van der Waals surface area contributed by atoms with E-state index in [4.69, 9.17) is 4.74 Å². The van der Waals surface area contributed by atoms with Gasteiger partial charge in [-0.1, -0.05) is 18.7 Å². The molecule has 3 rings (SSSR count). The van der Waals surface area contributed by atoms with Gasteiger partial charge in [-0.15, -0.1) is 0 Å². The summed E-state index contributed by atoms with van der Waals surface area (Å²) in [5.41, 5.74) is -0.595. The first-order valence-corrected chi connectivity index (χ1v) is 9.37. The van der Waals surface area contributed by atoms with Crippen LogP contribution in [0.1, 0.15) is 12.7 Å². The summed E-state index contributed by atoms with van der Waals surface area (Å²) in [6.07, 6.45) is 0.560. The van der Waals surface area contributed by atoms with Gasteiger partial charge in [0, 0.05) is 33.6 Å². The number of carbonyl (C=O) groups excluding carboxylic acids is 1. The molecule has 0 bridgehead atoms. The van der Waals surface area contributed by atoms with Crippen LogP contribution in [0, 0.1) is 0 Å². The van der Waals surface area contributed by atoms with Crippen LogP contribution in [0.2, 0.25) is 0 Å². The zero-order valence-corrected chi connectivity index (χ0v) is 15.8. The van der Waals surface area contributed by atoms with Gasteiger partial charge in [0.05, 0.1) is 19.0 Å². The van der Waals surface area contributed by atoms with Crippen molar-refractivity contribution in [1.82, 2.24) is 24.0 Å². The second-order valence-corrected chi connectivity index (χ2v) is 6.95. The molecule has 0 aromatic carbocycles. The average molecular weight is 379 g/mol. The van der Waals surface area contributed by atoms with Gasteiger partial charge in [-0.3, -0.25) is 18.7 Å². The number of fused-ring (bicyclic) bond motifs is 1. The van der Waals surface area contributed by atoms with Crippen molar-refractivity contribution < 1.29 is 9.53 Å². The molecule has 1 amide bonds. The standard InChI is InChI=1S/C16H21N5O4S/c1-4-10-17-13-12(15(23)20(3)16(24)19(13)2)14(18-10)26-9-11(22)21-5-7-25-8-6-21/h4-9H2,1-3H3. The molecule has 1 aliphatic heterocycles. The van der Waals surface area contributed by atoms with E-state index in [-0.39, 0.29) is 17.0 Å². The summed E-state index contributed by atoms with van der Waals surface area (Å²) in [5.74, 6) is 0.674. The summed E-state index contributed by atoms with van der Waals surface area (Å²) >= 11 is 1.21. The van der Waals surface area contributed by atoms with Crippen molar-refractivity contribution in [2.45, 2.75) is 18.4 Å². The number of hydrogen-bond donors (Lipinski definition) is 0. The summed E-state index contributed by atoms with van der Waals surface area (Å²) in [5, 5.41) is 0.705. The van der Waals surface area contributed by atoms with Crippen molar-refractivity contribution in [3.8, 4) is 0 Å². The molecule has 1 aliphatic rings. The van der Waals surface area contributed by atoms with Gasteiger partial charge >= 0.3 is 5.69 Å². The van der Waals surface area contributed by atoms with E-state index >= 15 is 0 Å². The SMILES string of the molecule is CCc1nc(SCC(=O)N2CCOCC2)c2c(=O)n(C)c(=O)n(C)c2n1. The lowest BCUT2D eigenvalue weighted by atomic mass is 10.3. The normalized spacial score (nSPS) is 14.8. The molecule has 0 spiro atoms. The number of nitrogens with zero attached hydrogens (tertiary/aromatic N) is 5. The molecule has 0 N–H and O–H groups in total. The number of amides is 1. The Hall–Kier alpha value is -2.20. The highest BCUT2D eigenvalue weighted by molar-refractivity contribution is 8.00. The molecule has 26 heavy (non-hydrogen) atoms. The van der Waals surface area contributed by atoms with E-state index in [1.807, 2.05) is 6.92 Å². The monoisotopic (exact) mass is 379 g/mol. The van der Waals surface area contributed by atoms with E-state index in [0.29, 0.717) is 49.2 Å². The first-order valence-electron chi connectivity index (χ1n) is 8.39. The number of rotatable bonds is 4. The third kappa shape index (κ3) is 3.38. The largest absolute Gasteiger partial charge is 0.378 e. The number of aryl methyl sites for hydroxylation is 2. The highest BCUT2D eigenvalue weighted by Gasteiger charge is 2.20. The second kappa shape index (κ2) is 7.58. The Morgan fingerprint density at radius 3 is 2.50 bits per heavy atom. The van der Waals surface area contributed by atoms with Gasteiger partial charge in [-0.05, 0) is 0 Å². The molecule has 2 aromatic heterocycles. The van der Waals surface area contributed by atoms with Gasteiger partial charge in [0.1, 0.15) is 16.2 Å². The lowest BCUT2D eigenvalue weighted by molar-refractivity contribution is -0.132. The fraction of sp³-hybridized carbons (Fsp3) is 0.562. The second-order valence-electron chi connectivity index (χ2n) is 5.98. The molecule has 0 unspecified atom stereocenters. The van der Waals surface area contributed by atoms with Gasteiger partial charge in [-0.2, -0.15) is 0 Å². The van der Waals surface area contributed by atoms with Crippen molar-refractivity contribution in [3.63, 3.8) is 0 Å². The number of thioether (sulfide) groups is 1. The number of carbonyl (C=O) groups is 1. The van der Waals surface area contributed by atoms with Crippen molar-refractivity contribution >= 4 is 28.7 Å². The van der Waals surface area contributed by atoms with Crippen LogP contribution >= 0.6 is 11.8 Å². The van der Waals surface area contributed by atoms with Crippen molar-refractivity contribution in [1.29, 1.82) is 0 Å². The molecule has 0 aliphatic carbocycles. The predicted octanol–water partition coefficient (Wildman–Crippen LogP) is -0.459. The Kier molecular flexibility index (Phi) is 5.42. The van der Waals surface area contributed by atoms with Crippen LogP contribution in [0.3, 0.4) is 0 Å². The fourth-order valence-corrected chi connectivity index (χ4v) is 3.70. The highest BCUT2D eigenvalue weighted by atomic mass is 32.2. The minimum Gasteiger partial charge on any atom is -0.378 e. The molecular weight excluding hydrogens is 358 g/mol. The molecule has 3 heterocycles. The maximum absolute atomic E-state index is 12.6. The third-order valence-electron chi connectivity index (χ3n) is 4.33. The number of aromatic nitrogens is 4. The Morgan fingerprint density at radius 2 is 1.85 bits per heavy atom. The van der Waals surface area contributed by atoms with Gasteiger partial charge in [-0.25, -0.2) is 14.8 Å². The topological polar surface area (TPSA) is 99.3 Å². The molecule has 1 fully saturated rings. The molecule has 0 saturated carbocycles. The summed E-state index contributed by atoms with van der Waals surface area (Å²) in [6, 6.07) is 0. The van der Waals surface area contributed by atoms with E-state index in [2.05, 4.69) is 9.97 Å². The van der Waals surface area contributed by atoms with Crippen molar-refractivity contribution in [2.75, 3.05) is 32.1 Å². The van der Waals surface area contributed by atoms with Gasteiger partial charge in [0.25, 0.3) is 5.56 Å². The Morgan fingerprint density at radius 1 is 1.15 bits per heavy atom. The Labute approximate surface area is 154 Å². The first kappa shape index (κ1) is 18.6. The number of ether oxygens (including phenoxy) is 1. The molecule has 140 valence electrons. The van der Waals surface area contributed by atoms with Gasteiger partial charge in [0.15, 0.2) is 5.65 Å². The molecule has 0 radical (unpaired) electrons. The molecule has 0 atom stereocenters. The van der Waals surface area contributed by atoms with E-state index in [0.717, 1.165) is 4.57 Å². The van der Waals surface area contributed by atoms with E-state index < -0.39 is 11.2 Å². The zero-order valence-electron chi connectivity index (χ0n) is 15.0. The minimum atomic E-state index is -0.452.